The third-order valence-corrected chi connectivity index (χ3v) is 4.53. The van der Waals surface area contributed by atoms with E-state index in [0.717, 1.165) is 30.0 Å². The predicted molar refractivity (Wildman–Crippen MR) is 94.8 cm³/mol. The lowest BCUT2D eigenvalue weighted by atomic mass is 10.0. The van der Waals surface area contributed by atoms with E-state index >= 15 is 0 Å². The fourth-order valence-corrected chi connectivity index (χ4v) is 3.21. The van der Waals surface area contributed by atoms with Crippen LogP contribution < -0.4 is 5.32 Å². The highest BCUT2D eigenvalue weighted by Crippen LogP contribution is 2.16. The molecule has 4 heterocycles. The molecule has 1 N–H and O–H groups in total. The van der Waals surface area contributed by atoms with Crippen molar-refractivity contribution in [2.24, 2.45) is 0 Å². The number of likely N-dealkylation sites (tertiary alicyclic amines) is 1. The van der Waals surface area contributed by atoms with Crippen LogP contribution in [0.4, 0.5) is 5.82 Å². The number of hydrogen-bond donors (Lipinski definition) is 1. The summed E-state index contributed by atoms with van der Waals surface area (Å²) in [7, 11) is 0. The van der Waals surface area contributed by atoms with E-state index in [-0.39, 0.29) is 17.8 Å². The van der Waals surface area contributed by atoms with E-state index in [9.17, 15) is 4.79 Å². The quantitative estimate of drug-likeness (QED) is 0.757. The zero-order valence-corrected chi connectivity index (χ0v) is 14.8. The van der Waals surface area contributed by atoms with Gasteiger partial charge in [0.05, 0.1) is 0 Å². The number of rotatable bonds is 3. The smallest absolute Gasteiger partial charge is 0.293 e. The van der Waals surface area contributed by atoms with Gasteiger partial charge in [0, 0.05) is 36.7 Å². The van der Waals surface area contributed by atoms with Crippen molar-refractivity contribution in [3.8, 4) is 0 Å². The highest BCUT2D eigenvalue weighted by atomic mass is 16.2. The first-order chi connectivity index (χ1) is 12.6. The van der Waals surface area contributed by atoms with E-state index in [1.165, 1.54) is 6.33 Å². The zero-order valence-electron chi connectivity index (χ0n) is 14.8. The van der Waals surface area contributed by atoms with Gasteiger partial charge in [-0.25, -0.2) is 19.5 Å². The molecule has 0 spiro atoms. The van der Waals surface area contributed by atoms with Gasteiger partial charge in [0.1, 0.15) is 12.1 Å². The van der Waals surface area contributed by atoms with Gasteiger partial charge in [-0.15, -0.1) is 5.10 Å². The number of anilines is 1. The summed E-state index contributed by atoms with van der Waals surface area (Å²) in [5, 5.41) is 7.72. The highest BCUT2D eigenvalue weighted by Gasteiger charge is 2.26. The molecule has 1 aliphatic rings. The lowest BCUT2D eigenvalue weighted by molar-refractivity contribution is 0.0706. The Kier molecular flexibility index (Phi) is 4.19. The molecule has 0 aliphatic carbocycles. The van der Waals surface area contributed by atoms with Crippen LogP contribution in [0.2, 0.25) is 0 Å². The Labute approximate surface area is 150 Å². The van der Waals surface area contributed by atoms with Crippen LogP contribution >= 0.6 is 0 Å². The first-order valence-electron chi connectivity index (χ1n) is 8.63. The lowest BCUT2D eigenvalue weighted by Crippen LogP contribution is -2.42. The Morgan fingerprint density at radius 2 is 2.04 bits per heavy atom. The summed E-state index contributed by atoms with van der Waals surface area (Å²) in [6.45, 7) is 5.14. The number of hydrogen-bond acceptors (Lipinski definition) is 7. The summed E-state index contributed by atoms with van der Waals surface area (Å²) in [4.78, 5) is 31.3. The zero-order chi connectivity index (χ0) is 18.1. The molecule has 0 aromatic carbocycles. The molecule has 9 nitrogen and oxygen atoms in total. The molecule has 0 atom stereocenters. The largest absolute Gasteiger partial charge is 0.367 e. The van der Waals surface area contributed by atoms with Gasteiger partial charge in [0.15, 0.2) is 0 Å². The number of amides is 1. The molecule has 1 aliphatic heterocycles. The van der Waals surface area contributed by atoms with Crippen molar-refractivity contribution in [2.45, 2.75) is 32.7 Å². The third kappa shape index (κ3) is 3.19. The molecule has 134 valence electrons. The first-order valence-corrected chi connectivity index (χ1v) is 8.63. The minimum atomic E-state index is -0.145. The summed E-state index contributed by atoms with van der Waals surface area (Å²) in [6.07, 6.45) is 4.92. The number of fused-ring (bicyclic) bond motifs is 1. The molecule has 26 heavy (non-hydrogen) atoms. The van der Waals surface area contributed by atoms with Crippen molar-refractivity contribution < 1.29 is 4.79 Å². The molecule has 1 saturated heterocycles. The molecule has 0 saturated carbocycles. The van der Waals surface area contributed by atoms with E-state index in [4.69, 9.17) is 0 Å². The lowest BCUT2D eigenvalue weighted by Gasteiger charge is -2.31. The van der Waals surface area contributed by atoms with E-state index in [1.54, 1.807) is 15.6 Å². The number of nitrogens with one attached hydrogen (secondary N) is 1. The maximum atomic E-state index is 12.7. The molecule has 4 rings (SSSR count). The monoisotopic (exact) mass is 352 g/mol. The van der Waals surface area contributed by atoms with Crippen LogP contribution in [0.25, 0.3) is 5.78 Å². The fraction of sp³-hybridized carbons (Fsp3) is 0.412. The minimum absolute atomic E-state index is 0.145. The van der Waals surface area contributed by atoms with Crippen molar-refractivity contribution in [2.75, 3.05) is 18.4 Å². The van der Waals surface area contributed by atoms with Crippen molar-refractivity contribution in [3.63, 3.8) is 0 Å². The molecule has 9 heteroatoms. The standard InChI is InChI=1S/C17H20N8O/c1-11-9-12(2)25-17(20-11)22-15(23-25)16(26)24-7-4-13(5-8-24)21-14-3-6-18-10-19-14/h3,6,9-10,13H,4-5,7-8H2,1-2H3,(H,18,19,21). The predicted octanol–water partition coefficient (Wildman–Crippen LogP) is 1.25. The normalized spacial score (nSPS) is 15.4. The first kappa shape index (κ1) is 16.4. The van der Waals surface area contributed by atoms with Crippen molar-refractivity contribution in [1.82, 2.24) is 34.4 Å². The number of nitrogens with zero attached hydrogens (tertiary/aromatic N) is 7. The number of piperidine rings is 1. The maximum absolute atomic E-state index is 12.7. The topological polar surface area (TPSA) is 101 Å². The minimum Gasteiger partial charge on any atom is -0.367 e. The average Bonchev–Trinajstić information content (AvgIpc) is 3.07. The van der Waals surface area contributed by atoms with E-state index in [0.29, 0.717) is 18.9 Å². The Balaban J connectivity index is 1.43. The molecule has 0 unspecified atom stereocenters. The summed E-state index contributed by atoms with van der Waals surface area (Å²) in [5.74, 6) is 1.33. The van der Waals surface area contributed by atoms with E-state index < -0.39 is 0 Å². The van der Waals surface area contributed by atoms with Crippen molar-refractivity contribution >= 4 is 17.5 Å². The van der Waals surface area contributed by atoms with E-state index in [1.807, 2.05) is 26.0 Å². The maximum Gasteiger partial charge on any atom is 0.293 e. The van der Waals surface area contributed by atoms with Gasteiger partial charge in [-0.1, -0.05) is 0 Å². The van der Waals surface area contributed by atoms with Crippen LogP contribution in [0.3, 0.4) is 0 Å². The van der Waals surface area contributed by atoms with E-state index in [2.05, 4.69) is 30.4 Å². The molecular formula is C17H20N8O. The summed E-state index contributed by atoms with van der Waals surface area (Å²) < 4.78 is 1.61. The van der Waals surface area contributed by atoms with Crippen LogP contribution in [0, 0.1) is 13.8 Å². The van der Waals surface area contributed by atoms with Gasteiger partial charge in [-0.2, -0.15) is 4.98 Å². The van der Waals surface area contributed by atoms with Crippen molar-refractivity contribution in [3.05, 3.63) is 41.9 Å². The number of carbonyl (C=O) groups excluding carboxylic acids is 1. The molecular weight excluding hydrogens is 332 g/mol. The second-order valence-corrected chi connectivity index (χ2v) is 6.49. The average molecular weight is 352 g/mol. The molecule has 1 fully saturated rings. The highest BCUT2D eigenvalue weighted by molar-refractivity contribution is 5.91. The molecule has 0 radical (unpaired) electrons. The van der Waals surface area contributed by atoms with Crippen LogP contribution in [-0.2, 0) is 0 Å². The molecule has 0 bridgehead atoms. The Morgan fingerprint density at radius 1 is 1.23 bits per heavy atom. The molecule has 3 aromatic rings. The van der Waals surface area contributed by atoms with Gasteiger partial charge in [0.25, 0.3) is 11.7 Å². The summed E-state index contributed by atoms with van der Waals surface area (Å²) in [6, 6.07) is 4.05. The SMILES string of the molecule is Cc1cc(C)n2nc(C(=O)N3CCC(Nc4ccncn4)CC3)nc2n1. The van der Waals surface area contributed by atoms with Gasteiger partial charge in [-0.05, 0) is 38.8 Å². The number of aryl methyl sites for hydroxylation is 2. The fourth-order valence-electron chi connectivity index (χ4n) is 3.21. The van der Waals surface area contributed by atoms with Crippen LogP contribution in [0.1, 0.15) is 34.8 Å². The third-order valence-electron chi connectivity index (χ3n) is 4.53. The van der Waals surface area contributed by atoms with Crippen LogP contribution in [0.15, 0.2) is 24.7 Å². The molecule has 3 aromatic heterocycles. The van der Waals surface area contributed by atoms with Gasteiger partial charge in [0.2, 0.25) is 5.82 Å². The number of carbonyl (C=O) groups is 1. The Bertz CT molecular complexity index is 931. The Hall–Kier alpha value is -3.10. The van der Waals surface area contributed by atoms with Crippen LogP contribution in [0.5, 0.6) is 0 Å². The van der Waals surface area contributed by atoms with Crippen LogP contribution in [-0.4, -0.2) is 59.5 Å². The summed E-state index contributed by atoms with van der Waals surface area (Å²) >= 11 is 0. The van der Waals surface area contributed by atoms with Crippen molar-refractivity contribution in [1.29, 1.82) is 0 Å². The summed E-state index contributed by atoms with van der Waals surface area (Å²) in [5.41, 5.74) is 1.77. The second kappa shape index (κ2) is 6.66. The second-order valence-electron chi connectivity index (χ2n) is 6.49. The van der Waals surface area contributed by atoms with Gasteiger partial charge >= 0.3 is 0 Å². The number of aromatic nitrogens is 6. The van der Waals surface area contributed by atoms with Gasteiger partial charge < -0.3 is 10.2 Å². The molecule has 1 amide bonds. The Morgan fingerprint density at radius 3 is 2.77 bits per heavy atom. The van der Waals surface area contributed by atoms with Gasteiger partial charge in [-0.3, -0.25) is 4.79 Å².